The van der Waals surface area contributed by atoms with Gasteiger partial charge >= 0.3 is 0 Å². The Morgan fingerprint density at radius 2 is 1.80 bits per heavy atom. The molecule has 0 aliphatic heterocycles. The molecule has 0 atom stereocenters. The average molecular weight is 273 g/mol. The van der Waals surface area contributed by atoms with E-state index in [-0.39, 0.29) is 5.56 Å². The van der Waals surface area contributed by atoms with E-state index in [1.165, 1.54) is 31.0 Å². The summed E-state index contributed by atoms with van der Waals surface area (Å²) in [7, 11) is 0. The van der Waals surface area contributed by atoms with Crippen molar-refractivity contribution in [2.75, 3.05) is 0 Å². The van der Waals surface area contributed by atoms with Crippen LogP contribution in [0.5, 0.6) is 0 Å². The fraction of sp³-hybridized carbons (Fsp3) is 0.294. The molecule has 0 bridgehead atoms. The van der Waals surface area contributed by atoms with E-state index in [2.05, 4.69) is 5.32 Å². The van der Waals surface area contributed by atoms with E-state index in [1.54, 1.807) is 0 Å². The summed E-state index contributed by atoms with van der Waals surface area (Å²) in [6, 6.07) is 10.4. The van der Waals surface area contributed by atoms with Crippen molar-refractivity contribution < 1.29 is 8.78 Å². The van der Waals surface area contributed by atoms with E-state index in [4.69, 9.17) is 0 Å². The summed E-state index contributed by atoms with van der Waals surface area (Å²) < 4.78 is 27.8. The van der Waals surface area contributed by atoms with Crippen molar-refractivity contribution in [2.45, 2.75) is 32.4 Å². The number of hydrogen-bond donors (Lipinski definition) is 1. The number of nitrogens with one attached hydrogen (secondary N) is 1. The second-order valence-corrected chi connectivity index (χ2v) is 5.40. The quantitative estimate of drug-likeness (QED) is 0.880. The first kappa shape index (κ1) is 13.3. The molecule has 0 aromatic heterocycles. The van der Waals surface area contributed by atoms with Crippen LogP contribution >= 0.6 is 0 Å². The second kappa shape index (κ2) is 5.33. The number of halogens is 2. The molecule has 20 heavy (non-hydrogen) atoms. The van der Waals surface area contributed by atoms with Gasteiger partial charge in [-0.1, -0.05) is 18.2 Å². The van der Waals surface area contributed by atoms with Crippen LogP contribution in [-0.4, -0.2) is 6.04 Å². The van der Waals surface area contributed by atoms with Gasteiger partial charge in [-0.15, -0.1) is 0 Å². The minimum Gasteiger partial charge on any atom is -0.310 e. The van der Waals surface area contributed by atoms with Crippen molar-refractivity contribution in [2.24, 2.45) is 0 Å². The second-order valence-electron chi connectivity index (χ2n) is 5.40. The van der Waals surface area contributed by atoms with E-state index in [1.807, 2.05) is 25.1 Å². The summed E-state index contributed by atoms with van der Waals surface area (Å²) in [4.78, 5) is 0. The maximum Gasteiger partial charge on any atom is 0.133 e. The molecule has 1 saturated carbocycles. The Balaban J connectivity index is 1.96. The Hall–Kier alpha value is -1.74. The van der Waals surface area contributed by atoms with Gasteiger partial charge in [-0.05, 0) is 54.7 Å². The van der Waals surface area contributed by atoms with E-state index < -0.39 is 11.6 Å². The summed E-state index contributed by atoms with van der Waals surface area (Å²) >= 11 is 0. The summed E-state index contributed by atoms with van der Waals surface area (Å²) in [6.07, 6.45) is 2.45. The topological polar surface area (TPSA) is 12.0 Å². The number of aryl methyl sites for hydroxylation is 1. The molecule has 0 heterocycles. The Morgan fingerprint density at radius 1 is 1.10 bits per heavy atom. The van der Waals surface area contributed by atoms with Gasteiger partial charge in [0.25, 0.3) is 0 Å². The molecular weight excluding hydrogens is 256 g/mol. The highest BCUT2D eigenvalue weighted by Crippen LogP contribution is 2.30. The van der Waals surface area contributed by atoms with Crippen LogP contribution in [-0.2, 0) is 6.54 Å². The Labute approximate surface area is 117 Å². The Bertz CT molecular complexity index is 613. The highest BCUT2D eigenvalue weighted by molar-refractivity contribution is 5.69. The molecule has 0 unspecified atom stereocenters. The third kappa shape index (κ3) is 2.73. The monoisotopic (exact) mass is 273 g/mol. The van der Waals surface area contributed by atoms with Crippen LogP contribution < -0.4 is 5.32 Å². The summed E-state index contributed by atoms with van der Waals surface area (Å²) in [5.41, 5.74) is 2.64. The summed E-state index contributed by atoms with van der Waals surface area (Å²) in [5, 5.41) is 3.41. The first-order valence-electron chi connectivity index (χ1n) is 6.92. The molecular formula is C17H17F2N. The molecule has 3 rings (SSSR count). The van der Waals surface area contributed by atoms with Crippen molar-refractivity contribution in [3.05, 3.63) is 59.2 Å². The van der Waals surface area contributed by atoms with E-state index in [9.17, 15) is 8.78 Å². The van der Waals surface area contributed by atoms with Crippen molar-refractivity contribution >= 4 is 0 Å². The molecule has 2 aromatic carbocycles. The van der Waals surface area contributed by atoms with Gasteiger partial charge in [-0.3, -0.25) is 0 Å². The standard InChI is InChI=1S/C17H17F2N/c1-11-5-6-12(10-20-13-7-8-13)9-14(11)17-15(18)3-2-4-16(17)19/h2-6,9,13,20H,7-8,10H2,1H3. The normalized spacial score (nSPS) is 14.6. The summed E-state index contributed by atoms with van der Waals surface area (Å²) in [5.74, 6) is -1.03. The minimum absolute atomic E-state index is 0.0678. The van der Waals surface area contributed by atoms with Crippen molar-refractivity contribution in [1.82, 2.24) is 5.32 Å². The van der Waals surface area contributed by atoms with Crippen LogP contribution in [0.1, 0.15) is 24.0 Å². The van der Waals surface area contributed by atoms with Crippen LogP contribution in [0, 0.1) is 18.6 Å². The molecule has 3 heteroatoms. The molecule has 1 fully saturated rings. The lowest BCUT2D eigenvalue weighted by Crippen LogP contribution is -2.15. The first-order chi connectivity index (χ1) is 9.65. The largest absolute Gasteiger partial charge is 0.310 e. The molecule has 104 valence electrons. The average Bonchev–Trinajstić information content (AvgIpc) is 3.23. The fourth-order valence-corrected chi connectivity index (χ4v) is 2.35. The van der Waals surface area contributed by atoms with Gasteiger partial charge in [0.2, 0.25) is 0 Å². The minimum atomic E-state index is -0.514. The lowest BCUT2D eigenvalue weighted by atomic mass is 9.97. The van der Waals surface area contributed by atoms with Gasteiger partial charge in [0.05, 0.1) is 5.56 Å². The van der Waals surface area contributed by atoms with Gasteiger partial charge in [-0.2, -0.15) is 0 Å². The number of benzene rings is 2. The predicted molar refractivity (Wildman–Crippen MR) is 76.4 cm³/mol. The molecule has 1 aliphatic carbocycles. The van der Waals surface area contributed by atoms with Crippen molar-refractivity contribution in [1.29, 1.82) is 0 Å². The zero-order valence-electron chi connectivity index (χ0n) is 11.4. The summed E-state index contributed by atoms with van der Waals surface area (Å²) in [6.45, 7) is 2.62. The van der Waals surface area contributed by atoms with E-state index in [0.29, 0.717) is 11.6 Å². The molecule has 1 nitrogen and oxygen atoms in total. The van der Waals surface area contributed by atoms with Gasteiger partial charge in [-0.25, -0.2) is 8.78 Å². The highest BCUT2D eigenvalue weighted by atomic mass is 19.1. The maximum absolute atomic E-state index is 13.9. The maximum atomic E-state index is 13.9. The number of rotatable bonds is 4. The molecule has 0 saturated heterocycles. The Kier molecular flexibility index (Phi) is 3.53. The van der Waals surface area contributed by atoms with Gasteiger partial charge in [0.1, 0.15) is 11.6 Å². The molecule has 0 radical (unpaired) electrons. The van der Waals surface area contributed by atoms with E-state index >= 15 is 0 Å². The van der Waals surface area contributed by atoms with E-state index in [0.717, 1.165) is 17.7 Å². The van der Waals surface area contributed by atoms with Crippen LogP contribution in [0.15, 0.2) is 36.4 Å². The number of hydrogen-bond acceptors (Lipinski definition) is 1. The van der Waals surface area contributed by atoms with Gasteiger partial charge in [0.15, 0.2) is 0 Å². The molecule has 1 aliphatic rings. The fourth-order valence-electron chi connectivity index (χ4n) is 2.35. The van der Waals surface area contributed by atoms with Crippen molar-refractivity contribution in [3.63, 3.8) is 0 Å². The van der Waals surface area contributed by atoms with Crippen LogP contribution in [0.3, 0.4) is 0 Å². The Morgan fingerprint density at radius 3 is 2.45 bits per heavy atom. The van der Waals surface area contributed by atoms with Gasteiger partial charge in [0, 0.05) is 12.6 Å². The third-order valence-electron chi connectivity index (χ3n) is 3.71. The molecule has 0 spiro atoms. The van der Waals surface area contributed by atoms with Crippen molar-refractivity contribution in [3.8, 4) is 11.1 Å². The molecule has 0 amide bonds. The van der Waals surface area contributed by atoms with Gasteiger partial charge < -0.3 is 5.32 Å². The SMILES string of the molecule is Cc1ccc(CNC2CC2)cc1-c1c(F)cccc1F. The highest BCUT2D eigenvalue weighted by Gasteiger charge is 2.20. The zero-order chi connectivity index (χ0) is 14.1. The van der Waals surface area contributed by atoms with Crippen LogP contribution in [0.4, 0.5) is 8.78 Å². The lowest BCUT2D eigenvalue weighted by molar-refractivity contribution is 0.589. The first-order valence-corrected chi connectivity index (χ1v) is 6.92. The zero-order valence-corrected chi connectivity index (χ0v) is 11.4. The predicted octanol–water partition coefficient (Wildman–Crippen LogP) is 4.19. The lowest BCUT2D eigenvalue weighted by Gasteiger charge is -2.11. The smallest absolute Gasteiger partial charge is 0.133 e. The van der Waals surface area contributed by atoms with Crippen LogP contribution in [0.25, 0.3) is 11.1 Å². The molecule has 1 N–H and O–H groups in total. The molecule has 2 aromatic rings. The van der Waals surface area contributed by atoms with Crippen LogP contribution in [0.2, 0.25) is 0 Å². The third-order valence-corrected chi connectivity index (χ3v) is 3.71.